The summed E-state index contributed by atoms with van der Waals surface area (Å²) in [6, 6.07) is 16.7. The fourth-order valence-electron chi connectivity index (χ4n) is 3.36. The van der Waals surface area contributed by atoms with Gasteiger partial charge in [-0.3, -0.25) is 9.59 Å². The summed E-state index contributed by atoms with van der Waals surface area (Å²) in [7, 11) is 0. The van der Waals surface area contributed by atoms with Gasteiger partial charge in [0, 0.05) is 24.0 Å². The normalized spacial score (nSPS) is 11.8. The monoisotopic (exact) mass is 444 g/mol. The molecule has 0 fully saturated rings. The first kappa shape index (κ1) is 24.7. The molecule has 0 saturated carbocycles. The first-order valence-electron chi connectivity index (χ1n) is 10.9. The van der Waals surface area contributed by atoms with Crippen molar-refractivity contribution in [1.29, 1.82) is 0 Å². The average Bonchev–Trinajstić information content (AvgIpc) is 2.75. The Morgan fingerprint density at radius 3 is 2.35 bits per heavy atom. The number of ether oxygens (including phenoxy) is 1. The van der Waals surface area contributed by atoms with Crippen LogP contribution in [-0.2, 0) is 16.0 Å². The highest BCUT2D eigenvalue weighted by Gasteiger charge is 2.28. The smallest absolute Gasteiger partial charge is 0.242 e. The topological polar surface area (TPSA) is 58.6 Å². The number of halogens is 1. The van der Waals surface area contributed by atoms with Crippen molar-refractivity contribution in [2.24, 2.45) is 0 Å². The van der Waals surface area contributed by atoms with Gasteiger partial charge in [0.1, 0.15) is 11.8 Å². The minimum absolute atomic E-state index is 0.0265. The summed E-state index contributed by atoms with van der Waals surface area (Å²) in [6.07, 6.45) is 2.18. The highest BCUT2D eigenvalue weighted by molar-refractivity contribution is 6.30. The number of nitrogens with one attached hydrogen (secondary N) is 1. The van der Waals surface area contributed by atoms with E-state index in [9.17, 15) is 9.59 Å². The maximum absolute atomic E-state index is 13.1. The molecular weight excluding hydrogens is 412 g/mol. The van der Waals surface area contributed by atoms with Crippen LogP contribution in [0.15, 0.2) is 54.6 Å². The highest BCUT2D eigenvalue weighted by Crippen LogP contribution is 2.16. The molecule has 0 heterocycles. The Labute approximate surface area is 190 Å². The van der Waals surface area contributed by atoms with E-state index >= 15 is 0 Å². The number of rotatable bonds is 12. The predicted molar refractivity (Wildman–Crippen MR) is 125 cm³/mol. The average molecular weight is 445 g/mol. The predicted octanol–water partition coefficient (Wildman–Crippen LogP) is 4.87. The summed E-state index contributed by atoms with van der Waals surface area (Å²) in [5, 5.41) is 3.61. The van der Waals surface area contributed by atoms with E-state index in [2.05, 4.69) is 5.32 Å². The number of nitrogens with zero attached hydrogens (tertiary/aromatic N) is 1. The van der Waals surface area contributed by atoms with Gasteiger partial charge in [0.2, 0.25) is 11.8 Å². The van der Waals surface area contributed by atoms with Crippen LogP contribution in [-0.4, -0.2) is 41.9 Å². The molecule has 0 aliphatic carbocycles. The van der Waals surface area contributed by atoms with Crippen LogP contribution in [0.4, 0.5) is 0 Å². The van der Waals surface area contributed by atoms with Crippen molar-refractivity contribution in [1.82, 2.24) is 10.2 Å². The zero-order valence-corrected chi connectivity index (χ0v) is 19.4. The molecule has 5 nitrogen and oxygen atoms in total. The van der Waals surface area contributed by atoms with Crippen molar-refractivity contribution in [3.63, 3.8) is 0 Å². The molecule has 0 unspecified atom stereocenters. The van der Waals surface area contributed by atoms with Crippen molar-refractivity contribution in [2.45, 2.75) is 58.5 Å². The van der Waals surface area contributed by atoms with Crippen LogP contribution < -0.4 is 10.1 Å². The Morgan fingerprint density at radius 2 is 1.74 bits per heavy atom. The van der Waals surface area contributed by atoms with Crippen molar-refractivity contribution in [3.8, 4) is 5.75 Å². The van der Waals surface area contributed by atoms with Gasteiger partial charge in [0.05, 0.1) is 6.61 Å². The van der Waals surface area contributed by atoms with Gasteiger partial charge in [0.15, 0.2) is 0 Å². The summed E-state index contributed by atoms with van der Waals surface area (Å²) in [4.78, 5) is 27.6. The van der Waals surface area contributed by atoms with Crippen molar-refractivity contribution in [3.05, 3.63) is 65.2 Å². The Bertz CT molecular complexity index is 809. The second-order valence-electron chi connectivity index (χ2n) is 7.82. The summed E-state index contributed by atoms with van der Waals surface area (Å²) in [6.45, 7) is 6.72. The summed E-state index contributed by atoms with van der Waals surface area (Å²) in [5.41, 5.74) is 1.14. The second-order valence-corrected chi connectivity index (χ2v) is 8.25. The SMILES string of the molecule is CC[C@@H](C(=O)NC(C)C)N(CCc1ccccc1)C(=O)CCCOc1ccc(Cl)cc1. The second kappa shape index (κ2) is 13.0. The molecule has 2 rings (SSSR count). The quantitative estimate of drug-likeness (QED) is 0.475. The molecule has 0 spiro atoms. The molecule has 168 valence electrons. The molecular formula is C25H33ClN2O3. The van der Waals surface area contributed by atoms with Gasteiger partial charge in [-0.1, -0.05) is 48.9 Å². The number of carbonyl (C=O) groups excluding carboxylic acids is 2. The van der Waals surface area contributed by atoms with Gasteiger partial charge >= 0.3 is 0 Å². The first-order valence-corrected chi connectivity index (χ1v) is 11.3. The number of benzene rings is 2. The highest BCUT2D eigenvalue weighted by atomic mass is 35.5. The molecule has 0 radical (unpaired) electrons. The number of carbonyl (C=O) groups is 2. The summed E-state index contributed by atoms with van der Waals surface area (Å²) >= 11 is 5.89. The maximum Gasteiger partial charge on any atom is 0.242 e. The zero-order valence-electron chi connectivity index (χ0n) is 18.6. The minimum atomic E-state index is -0.476. The standard InChI is InChI=1S/C25H33ClN2O3/c1-4-23(25(30)27-19(2)3)28(17-16-20-9-6-5-7-10-20)24(29)11-8-18-31-22-14-12-21(26)13-15-22/h5-7,9-10,12-15,19,23H,4,8,11,16-18H2,1-3H3,(H,27,30)/t23-/m0/s1. The van der Waals surface area contributed by atoms with Gasteiger partial charge in [-0.2, -0.15) is 0 Å². The summed E-state index contributed by atoms with van der Waals surface area (Å²) < 4.78 is 5.70. The van der Waals surface area contributed by atoms with Crippen LogP contribution in [0.2, 0.25) is 5.02 Å². The van der Waals surface area contributed by atoms with Crippen LogP contribution in [0.1, 0.15) is 45.6 Å². The molecule has 31 heavy (non-hydrogen) atoms. The third-order valence-corrected chi connectivity index (χ3v) is 5.17. The van der Waals surface area contributed by atoms with E-state index < -0.39 is 6.04 Å². The van der Waals surface area contributed by atoms with E-state index in [1.807, 2.05) is 51.1 Å². The third-order valence-electron chi connectivity index (χ3n) is 4.92. The van der Waals surface area contributed by atoms with E-state index in [0.717, 1.165) is 11.3 Å². The largest absolute Gasteiger partial charge is 0.494 e. The Hall–Kier alpha value is -2.53. The lowest BCUT2D eigenvalue weighted by Crippen LogP contribution is -2.51. The molecule has 0 aromatic heterocycles. The third kappa shape index (κ3) is 8.62. The van der Waals surface area contributed by atoms with Gasteiger partial charge in [-0.05, 0) is 62.9 Å². The van der Waals surface area contributed by atoms with E-state index in [0.29, 0.717) is 43.9 Å². The van der Waals surface area contributed by atoms with Gasteiger partial charge in [0.25, 0.3) is 0 Å². The lowest BCUT2D eigenvalue weighted by molar-refractivity contribution is -0.141. The molecule has 0 aliphatic heterocycles. The minimum Gasteiger partial charge on any atom is -0.494 e. The first-order chi connectivity index (χ1) is 14.9. The Morgan fingerprint density at radius 1 is 1.06 bits per heavy atom. The van der Waals surface area contributed by atoms with Crippen molar-refractivity contribution < 1.29 is 14.3 Å². The van der Waals surface area contributed by atoms with E-state index in [-0.39, 0.29) is 17.9 Å². The van der Waals surface area contributed by atoms with Crippen molar-refractivity contribution in [2.75, 3.05) is 13.2 Å². The molecule has 2 aromatic carbocycles. The van der Waals surface area contributed by atoms with Crippen molar-refractivity contribution >= 4 is 23.4 Å². The van der Waals surface area contributed by atoms with Crippen LogP contribution in [0.5, 0.6) is 5.75 Å². The lowest BCUT2D eigenvalue weighted by atomic mass is 10.1. The molecule has 0 saturated heterocycles. The van der Waals surface area contributed by atoms with Crippen LogP contribution >= 0.6 is 11.6 Å². The molecule has 1 atom stereocenters. The zero-order chi connectivity index (χ0) is 22.6. The van der Waals surface area contributed by atoms with E-state index in [1.54, 1.807) is 29.2 Å². The number of hydrogen-bond donors (Lipinski definition) is 1. The van der Waals surface area contributed by atoms with Gasteiger partial charge in [-0.25, -0.2) is 0 Å². The molecule has 2 amide bonds. The molecule has 1 N–H and O–H groups in total. The maximum atomic E-state index is 13.1. The molecule has 6 heteroatoms. The fourth-order valence-corrected chi connectivity index (χ4v) is 3.49. The molecule has 0 aliphatic rings. The van der Waals surface area contributed by atoms with Gasteiger partial charge in [-0.15, -0.1) is 0 Å². The van der Waals surface area contributed by atoms with Crippen LogP contribution in [0.25, 0.3) is 0 Å². The lowest BCUT2D eigenvalue weighted by Gasteiger charge is -2.31. The number of hydrogen-bond acceptors (Lipinski definition) is 3. The van der Waals surface area contributed by atoms with Crippen LogP contribution in [0, 0.1) is 0 Å². The van der Waals surface area contributed by atoms with Gasteiger partial charge < -0.3 is 15.0 Å². The Kier molecular flexibility index (Phi) is 10.4. The fraction of sp³-hybridized carbons (Fsp3) is 0.440. The Balaban J connectivity index is 1.98. The molecule has 2 aromatic rings. The van der Waals surface area contributed by atoms with E-state index in [1.165, 1.54) is 0 Å². The number of amides is 2. The summed E-state index contributed by atoms with van der Waals surface area (Å²) in [5.74, 6) is 0.596. The molecule has 0 bridgehead atoms. The van der Waals surface area contributed by atoms with Crippen LogP contribution in [0.3, 0.4) is 0 Å². The van der Waals surface area contributed by atoms with E-state index in [4.69, 9.17) is 16.3 Å².